The van der Waals surface area contributed by atoms with Gasteiger partial charge in [0.05, 0.1) is 24.7 Å². The van der Waals surface area contributed by atoms with Gasteiger partial charge in [-0.25, -0.2) is 0 Å². The number of fused-ring (bicyclic) bond motifs is 1. The first kappa shape index (κ1) is 15.6. The summed E-state index contributed by atoms with van der Waals surface area (Å²) in [6, 6.07) is 0. The maximum Gasteiger partial charge on any atom is 0.311 e. The van der Waals surface area contributed by atoms with Crippen molar-refractivity contribution in [1.29, 1.82) is 0 Å². The molecule has 24 heavy (non-hydrogen) atoms. The van der Waals surface area contributed by atoms with Crippen molar-refractivity contribution < 1.29 is 19.0 Å². The van der Waals surface area contributed by atoms with Crippen molar-refractivity contribution in [1.82, 2.24) is 4.90 Å². The molecule has 5 aliphatic rings. The molecular weight excluding hydrogens is 306 g/mol. The molecule has 2 saturated carbocycles. The van der Waals surface area contributed by atoms with E-state index in [9.17, 15) is 4.79 Å². The predicted molar refractivity (Wildman–Crippen MR) is 87.5 cm³/mol. The molecule has 0 aromatic rings. The third-order valence-corrected chi connectivity index (χ3v) is 7.65. The Morgan fingerprint density at radius 2 is 1.96 bits per heavy atom. The molecule has 0 bridgehead atoms. The van der Waals surface area contributed by atoms with Gasteiger partial charge < -0.3 is 14.2 Å². The normalized spacial score (nSPS) is 53.8. The van der Waals surface area contributed by atoms with E-state index in [4.69, 9.17) is 14.2 Å². The van der Waals surface area contributed by atoms with E-state index >= 15 is 0 Å². The Bertz CT molecular complexity index is 547. The van der Waals surface area contributed by atoms with Crippen LogP contribution in [-0.2, 0) is 19.0 Å². The van der Waals surface area contributed by atoms with Gasteiger partial charge in [-0.15, -0.1) is 0 Å². The predicted octanol–water partition coefficient (Wildman–Crippen LogP) is 1.84. The molecule has 1 spiro atoms. The molecular formula is C19H29NO4. The van der Waals surface area contributed by atoms with E-state index in [-0.39, 0.29) is 29.2 Å². The number of esters is 1. The summed E-state index contributed by atoms with van der Waals surface area (Å²) in [5.41, 5.74) is -0.376. The van der Waals surface area contributed by atoms with Gasteiger partial charge in [0.15, 0.2) is 0 Å². The summed E-state index contributed by atoms with van der Waals surface area (Å²) in [5, 5.41) is 0. The molecule has 0 unspecified atom stereocenters. The lowest BCUT2D eigenvalue weighted by Crippen LogP contribution is -2.58. The number of ether oxygens (including phenoxy) is 3. The minimum atomic E-state index is -0.335. The van der Waals surface area contributed by atoms with Crippen molar-refractivity contribution in [2.75, 3.05) is 32.8 Å². The molecule has 5 heteroatoms. The average Bonchev–Trinajstić information content (AvgIpc) is 3.20. The lowest BCUT2D eigenvalue weighted by Gasteiger charge is -2.50. The zero-order valence-electron chi connectivity index (χ0n) is 14.8. The van der Waals surface area contributed by atoms with Crippen LogP contribution in [0.4, 0.5) is 0 Å². The molecule has 0 aromatic heterocycles. The second kappa shape index (κ2) is 5.18. The summed E-state index contributed by atoms with van der Waals surface area (Å²) in [5.74, 6) is 1.50. The van der Waals surface area contributed by atoms with E-state index in [0.29, 0.717) is 17.8 Å². The summed E-state index contributed by atoms with van der Waals surface area (Å²) in [6.45, 7) is 8.81. The molecule has 134 valence electrons. The number of epoxide rings is 1. The second-order valence-electron chi connectivity index (χ2n) is 8.91. The van der Waals surface area contributed by atoms with Crippen LogP contribution in [0.1, 0.15) is 39.5 Å². The van der Waals surface area contributed by atoms with Crippen LogP contribution >= 0.6 is 0 Å². The van der Waals surface area contributed by atoms with Crippen LogP contribution in [0.25, 0.3) is 0 Å². The van der Waals surface area contributed by atoms with Crippen molar-refractivity contribution in [2.24, 2.45) is 23.7 Å². The Hall–Kier alpha value is -0.650. The van der Waals surface area contributed by atoms with Crippen LogP contribution in [0.3, 0.4) is 0 Å². The summed E-state index contributed by atoms with van der Waals surface area (Å²) in [7, 11) is 0. The van der Waals surface area contributed by atoms with Gasteiger partial charge in [-0.05, 0) is 38.5 Å². The van der Waals surface area contributed by atoms with Crippen molar-refractivity contribution in [3.05, 3.63) is 0 Å². The van der Waals surface area contributed by atoms with Gasteiger partial charge in [0.2, 0.25) is 0 Å². The first-order chi connectivity index (χ1) is 11.5. The summed E-state index contributed by atoms with van der Waals surface area (Å²) >= 11 is 0. The van der Waals surface area contributed by atoms with Crippen LogP contribution in [0, 0.1) is 23.7 Å². The molecule has 7 atom stereocenters. The van der Waals surface area contributed by atoms with E-state index in [1.54, 1.807) is 0 Å². The highest BCUT2D eigenvalue weighted by molar-refractivity contribution is 5.77. The van der Waals surface area contributed by atoms with Crippen molar-refractivity contribution in [3.8, 4) is 0 Å². The smallest absolute Gasteiger partial charge is 0.311 e. The number of hydrogen-bond donors (Lipinski definition) is 0. The number of carbonyl (C=O) groups is 1. The lowest BCUT2D eigenvalue weighted by molar-refractivity contribution is -0.168. The van der Waals surface area contributed by atoms with Gasteiger partial charge >= 0.3 is 5.97 Å². The zero-order valence-corrected chi connectivity index (χ0v) is 14.8. The first-order valence-corrected chi connectivity index (χ1v) is 9.75. The maximum absolute atomic E-state index is 12.9. The molecule has 3 aliphatic heterocycles. The van der Waals surface area contributed by atoms with Crippen molar-refractivity contribution in [2.45, 2.75) is 56.8 Å². The SMILES string of the molecule is C[C@H]1CC[C@@H]2[C@@H](CN3CCOCC3)C(=O)O[C@]23[C@H]1CC[C@@]1(C)O[C@@H]31. The Balaban J connectivity index is 1.45. The summed E-state index contributed by atoms with van der Waals surface area (Å²) < 4.78 is 17.9. The fraction of sp³-hybridized carbons (Fsp3) is 0.947. The van der Waals surface area contributed by atoms with Crippen molar-refractivity contribution >= 4 is 5.97 Å². The fourth-order valence-electron chi connectivity index (χ4n) is 6.32. The summed E-state index contributed by atoms with van der Waals surface area (Å²) in [4.78, 5) is 15.3. The molecule has 5 rings (SSSR count). The minimum Gasteiger partial charge on any atom is -0.455 e. The minimum absolute atomic E-state index is 0.0182. The van der Waals surface area contributed by atoms with Gasteiger partial charge in [0, 0.05) is 31.5 Å². The van der Waals surface area contributed by atoms with E-state index in [1.165, 1.54) is 6.42 Å². The number of morpholine rings is 1. The Labute approximate surface area is 144 Å². The molecule has 3 saturated heterocycles. The quantitative estimate of drug-likeness (QED) is 0.569. The Morgan fingerprint density at radius 1 is 1.17 bits per heavy atom. The zero-order chi connectivity index (χ0) is 16.5. The molecule has 0 amide bonds. The standard InChI is InChI=1S/C19H29NO4/c1-12-3-4-15-13(11-20-7-9-22-10-8-20)16(21)23-19(15)14(12)5-6-18(2)17(19)24-18/h12-15,17H,3-11H2,1-2H3/t12-,13+,14-,15+,17+,18+,19+/m0/s1. The first-order valence-electron chi connectivity index (χ1n) is 9.75. The van der Waals surface area contributed by atoms with E-state index in [2.05, 4.69) is 18.7 Å². The van der Waals surface area contributed by atoms with Crippen molar-refractivity contribution in [3.63, 3.8) is 0 Å². The molecule has 3 heterocycles. The van der Waals surface area contributed by atoms with E-state index in [1.807, 2.05) is 0 Å². The van der Waals surface area contributed by atoms with E-state index < -0.39 is 0 Å². The second-order valence-corrected chi connectivity index (χ2v) is 8.91. The van der Waals surface area contributed by atoms with E-state index in [0.717, 1.165) is 52.1 Å². The van der Waals surface area contributed by atoms with Crippen LogP contribution in [0.15, 0.2) is 0 Å². The fourth-order valence-corrected chi connectivity index (χ4v) is 6.32. The molecule has 0 N–H and O–H groups in total. The lowest BCUT2D eigenvalue weighted by atomic mass is 9.55. The molecule has 5 fully saturated rings. The van der Waals surface area contributed by atoms with Crippen LogP contribution in [0.2, 0.25) is 0 Å². The molecule has 0 aromatic carbocycles. The highest BCUT2D eigenvalue weighted by Gasteiger charge is 2.77. The van der Waals surface area contributed by atoms with Gasteiger partial charge in [0.25, 0.3) is 0 Å². The average molecular weight is 335 g/mol. The number of carbonyl (C=O) groups excluding carboxylic acids is 1. The summed E-state index contributed by atoms with van der Waals surface area (Å²) in [6.07, 6.45) is 4.72. The monoisotopic (exact) mass is 335 g/mol. The Morgan fingerprint density at radius 3 is 2.75 bits per heavy atom. The van der Waals surface area contributed by atoms with Gasteiger partial charge in [-0.2, -0.15) is 0 Å². The third-order valence-electron chi connectivity index (χ3n) is 7.65. The van der Waals surface area contributed by atoms with Gasteiger partial charge in [-0.1, -0.05) is 6.92 Å². The number of rotatable bonds is 2. The van der Waals surface area contributed by atoms with Crippen LogP contribution < -0.4 is 0 Å². The van der Waals surface area contributed by atoms with Gasteiger partial charge in [0.1, 0.15) is 11.7 Å². The third kappa shape index (κ3) is 2.01. The molecule has 2 aliphatic carbocycles. The number of hydrogen-bond acceptors (Lipinski definition) is 5. The molecule has 0 radical (unpaired) electrons. The topological polar surface area (TPSA) is 51.3 Å². The Kier molecular flexibility index (Phi) is 3.37. The largest absolute Gasteiger partial charge is 0.455 e. The maximum atomic E-state index is 12.9. The van der Waals surface area contributed by atoms with Crippen LogP contribution in [-0.4, -0.2) is 61.0 Å². The highest BCUT2D eigenvalue weighted by Crippen LogP contribution is 2.66. The number of nitrogens with zero attached hydrogens (tertiary/aromatic N) is 1. The van der Waals surface area contributed by atoms with Gasteiger partial charge in [-0.3, -0.25) is 9.69 Å². The highest BCUT2D eigenvalue weighted by atomic mass is 16.7. The van der Waals surface area contributed by atoms with Crippen LogP contribution in [0.5, 0.6) is 0 Å². The molecule has 5 nitrogen and oxygen atoms in total.